The number of benzene rings is 1. The molecule has 0 saturated carbocycles. The van der Waals surface area contributed by atoms with Gasteiger partial charge in [0.25, 0.3) is 10.1 Å². The Morgan fingerprint density at radius 3 is 2.52 bits per heavy atom. The highest BCUT2D eigenvalue weighted by Gasteiger charge is 2.57. The van der Waals surface area contributed by atoms with Gasteiger partial charge in [0.2, 0.25) is 0 Å². The first-order valence-corrected chi connectivity index (χ1v) is 10.0. The van der Waals surface area contributed by atoms with Crippen molar-refractivity contribution < 1.29 is 31.5 Å². The molecule has 1 aromatic carbocycles. The third kappa shape index (κ3) is 4.58. The predicted molar refractivity (Wildman–Crippen MR) is 89.1 cm³/mol. The average Bonchev–Trinajstić information content (AvgIpc) is 2.96. The molecule has 0 unspecified atom stereocenters. The molecule has 0 spiro atoms. The van der Waals surface area contributed by atoms with Crippen LogP contribution in [0.5, 0.6) is 0 Å². The van der Waals surface area contributed by atoms with Crippen molar-refractivity contribution in [3.05, 3.63) is 35.9 Å². The molecule has 140 valence electrons. The SMILES string of the molecule is C[C@H](OS(C)(=O)=O)[C@H]1O[C@@H]2OC(C)(C)O[C@@H]2[C@H]1OCc1ccccc1. The first-order valence-electron chi connectivity index (χ1n) is 8.19. The zero-order valence-electron chi connectivity index (χ0n) is 14.7. The Bertz CT molecular complexity index is 688. The van der Waals surface area contributed by atoms with E-state index in [1.54, 1.807) is 20.8 Å². The second kappa shape index (κ2) is 6.94. The van der Waals surface area contributed by atoms with Gasteiger partial charge in [-0.25, -0.2) is 0 Å². The van der Waals surface area contributed by atoms with Crippen LogP contribution in [0.25, 0.3) is 0 Å². The molecule has 25 heavy (non-hydrogen) atoms. The molecule has 2 aliphatic heterocycles. The summed E-state index contributed by atoms with van der Waals surface area (Å²) in [4.78, 5) is 0. The van der Waals surface area contributed by atoms with E-state index in [1.165, 1.54) is 0 Å². The average molecular weight is 372 g/mol. The largest absolute Gasteiger partial charge is 0.368 e. The summed E-state index contributed by atoms with van der Waals surface area (Å²) in [5, 5.41) is 0. The van der Waals surface area contributed by atoms with Gasteiger partial charge in [-0.1, -0.05) is 30.3 Å². The minimum atomic E-state index is -3.62. The molecule has 5 atom stereocenters. The molecule has 0 aromatic heterocycles. The Kier molecular flexibility index (Phi) is 5.21. The third-order valence-corrected chi connectivity index (χ3v) is 4.75. The number of fused-ring (bicyclic) bond motifs is 1. The molecular weight excluding hydrogens is 348 g/mol. The maximum absolute atomic E-state index is 11.5. The van der Waals surface area contributed by atoms with E-state index in [2.05, 4.69) is 0 Å². The highest BCUT2D eigenvalue weighted by atomic mass is 32.2. The number of rotatable bonds is 6. The molecule has 2 aliphatic rings. The molecule has 7 nitrogen and oxygen atoms in total. The number of ether oxygens (including phenoxy) is 4. The topological polar surface area (TPSA) is 80.3 Å². The number of hydrogen-bond acceptors (Lipinski definition) is 7. The van der Waals surface area contributed by atoms with E-state index < -0.39 is 46.6 Å². The van der Waals surface area contributed by atoms with Crippen molar-refractivity contribution >= 4 is 10.1 Å². The van der Waals surface area contributed by atoms with Gasteiger partial charge in [0.1, 0.15) is 24.4 Å². The van der Waals surface area contributed by atoms with Crippen molar-refractivity contribution in [1.29, 1.82) is 0 Å². The standard InChI is InChI=1S/C17H24O7S/c1-11(24-25(4,18)19)13-14(20-10-12-8-6-5-7-9-12)15-16(21-13)23-17(2,3)22-15/h5-9,11,13-16H,10H2,1-4H3/t11-,13+,14-,15+,16+/m0/s1. The second-order valence-electron chi connectivity index (χ2n) is 6.84. The Balaban J connectivity index is 1.75. The molecular formula is C17H24O7S. The molecule has 0 amide bonds. The smallest absolute Gasteiger partial charge is 0.264 e. The van der Waals surface area contributed by atoms with Crippen molar-refractivity contribution in [2.24, 2.45) is 0 Å². The lowest BCUT2D eigenvalue weighted by Gasteiger charge is -2.28. The zero-order chi connectivity index (χ0) is 18.2. The molecule has 2 saturated heterocycles. The van der Waals surface area contributed by atoms with E-state index in [1.807, 2.05) is 30.3 Å². The van der Waals surface area contributed by atoms with Crippen molar-refractivity contribution in [2.75, 3.05) is 6.26 Å². The van der Waals surface area contributed by atoms with Crippen LogP contribution in [-0.4, -0.2) is 51.2 Å². The highest BCUT2D eigenvalue weighted by molar-refractivity contribution is 7.86. The van der Waals surface area contributed by atoms with Crippen LogP contribution < -0.4 is 0 Å². The second-order valence-corrected chi connectivity index (χ2v) is 8.44. The molecule has 0 N–H and O–H groups in total. The summed E-state index contributed by atoms with van der Waals surface area (Å²) in [6, 6.07) is 9.69. The third-order valence-electron chi connectivity index (χ3n) is 4.10. The van der Waals surface area contributed by atoms with E-state index >= 15 is 0 Å². The van der Waals surface area contributed by atoms with Gasteiger partial charge in [0, 0.05) is 0 Å². The minimum Gasteiger partial charge on any atom is -0.368 e. The van der Waals surface area contributed by atoms with E-state index in [-0.39, 0.29) is 0 Å². The van der Waals surface area contributed by atoms with Crippen LogP contribution in [0.3, 0.4) is 0 Å². The highest BCUT2D eigenvalue weighted by Crippen LogP contribution is 2.40. The summed E-state index contributed by atoms with van der Waals surface area (Å²) in [6.45, 7) is 5.59. The van der Waals surface area contributed by atoms with Crippen LogP contribution in [0.1, 0.15) is 26.3 Å². The first-order chi connectivity index (χ1) is 11.6. The monoisotopic (exact) mass is 372 g/mol. The van der Waals surface area contributed by atoms with Gasteiger partial charge in [-0.3, -0.25) is 4.18 Å². The van der Waals surface area contributed by atoms with Crippen LogP contribution in [0, 0.1) is 0 Å². The Hall–Kier alpha value is -1.03. The fraction of sp³-hybridized carbons (Fsp3) is 0.647. The normalized spacial score (nSPS) is 32.5. The van der Waals surface area contributed by atoms with Crippen LogP contribution in [0.15, 0.2) is 30.3 Å². The van der Waals surface area contributed by atoms with Gasteiger partial charge in [-0.2, -0.15) is 8.42 Å². The minimum absolute atomic E-state index is 0.351. The van der Waals surface area contributed by atoms with Crippen molar-refractivity contribution in [2.45, 2.75) is 63.9 Å². The molecule has 3 rings (SSSR count). The Labute approximate surface area is 148 Å². The predicted octanol–water partition coefficient (Wildman–Crippen LogP) is 1.81. The van der Waals surface area contributed by atoms with Gasteiger partial charge in [0.15, 0.2) is 12.1 Å². The fourth-order valence-corrected chi connectivity index (χ4v) is 3.83. The summed E-state index contributed by atoms with van der Waals surface area (Å²) >= 11 is 0. The quantitative estimate of drug-likeness (QED) is 0.705. The molecule has 8 heteroatoms. The number of hydrogen-bond donors (Lipinski definition) is 0. The van der Waals surface area contributed by atoms with Gasteiger partial charge in [-0.15, -0.1) is 0 Å². The van der Waals surface area contributed by atoms with Gasteiger partial charge < -0.3 is 18.9 Å². The maximum Gasteiger partial charge on any atom is 0.264 e. The summed E-state index contributed by atoms with van der Waals surface area (Å²) in [5.41, 5.74) is 1.000. The van der Waals surface area contributed by atoms with E-state index in [4.69, 9.17) is 23.1 Å². The van der Waals surface area contributed by atoms with Gasteiger partial charge in [-0.05, 0) is 26.3 Å². The van der Waals surface area contributed by atoms with Crippen molar-refractivity contribution in [3.63, 3.8) is 0 Å². The summed E-state index contributed by atoms with van der Waals surface area (Å²) in [6.07, 6.45) is -1.92. The Morgan fingerprint density at radius 2 is 1.88 bits per heavy atom. The zero-order valence-corrected chi connectivity index (χ0v) is 15.6. The summed E-state index contributed by atoms with van der Waals surface area (Å²) < 4.78 is 51.5. The lowest BCUT2D eigenvalue weighted by atomic mass is 10.1. The van der Waals surface area contributed by atoms with Crippen LogP contribution >= 0.6 is 0 Å². The van der Waals surface area contributed by atoms with Crippen molar-refractivity contribution in [1.82, 2.24) is 0 Å². The van der Waals surface area contributed by atoms with Gasteiger partial charge in [0.05, 0.1) is 12.9 Å². The van der Waals surface area contributed by atoms with E-state index in [0.717, 1.165) is 11.8 Å². The van der Waals surface area contributed by atoms with Crippen LogP contribution in [0.2, 0.25) is 0 Å². The molecule has 1 aromatic rings. The van der Waals surface area contributed by atoms with Crippen molar-refractivity contribution in [3.8, 4) is 0 Å². The van der Waals surface area contributed by atoms with Gasteiger partial charge >= 0.3 is 0 Å². The summed E-state index contributed by atoms with van der Waals surface area (Å²) in [5.74, 6) is -0.782. The maximum atomic E-state index is 11.5. The first kappa shape index (κ1) is 18.8. The lowest BCUT2D eigenvalue weighted by molar-refractivity contribution is -0.227. The van der Waals surface area contributed by atoms with E-state index in [0.29, 0.717) is 6.61 Å². The van der Waals surface area contributed by atoms with Crippen LogP contribution in [-0.2, 0) is 39.9 Å². The van der Waals surface area contributed by atoms with Crippen LogP contribution in [0.4, 0.5) is 0 Å². The Morgan fingerprint density at radius 1 is 1.20 bits per heavy atom. The molecule has 2 fully saturated rings. The molecule has 2 heterocycles. The van der Waals surface area contributed by atoms with E-state index in [9.17, 15) is 8.42 Å². The summed E-state index contributed by atoms with van der Waals surface area (Å²) in [7, 11) is -3.62. The molecule has 0 aliphatic carbocycles. The lowest BCUT2D eigenvalue weighted by Crippen LogP contribution is -2.43. The fourth-order valence-electron chi connectivity index (χ4n) is 3.17. The molecule has 0 radical (unpaired) electrons. The molecule has 0 bridgehead atoms.